The number of aromatic nitrogens is 1. The molecule has 6 heteroatoms. The molecule has 0 spiro atoms. The van der Waals surface area contributed by atoms with Crippen LogP contribution in [-0.2, 0) is 11.2 Å². The Morgan fingerprint density at radius 3 is 2.44 bits per heavy atom. The molecule has 0 amide bonds. The third-order valence-corrected chi connectivity index (χ3v) is 5.52. The summed E-state index contributed by atoms with van der Waals surface area (Å²) < 4.78 is 0.987. The number of carboxylic acids is 1. The largest absolute Gasteiger partial charge is 0.507 e. The van der Waals surface area contributed by atoms with Crippen molar-refractivity contribution in [1.82, 2.24) is 4.98 Å². The Morgan fingerprint density at radius 2 is 1.80 bits per heavy atom. The number of aryl methyl sites for hydroxylation is 3. The van der Waals surface area contributed by atoms with Gasteiger partial charge in [-0.05, 0) is 56.0 Å². The Bertz CT molecular complexity index is 901. The Morgan fingerprint density at radius 1 is 1.12 bits per heavy atom. The summed E-state index contributed by atoms with van der Waals surface area (Å²) >= 11 is 1.51. The highest BCUT2D eigenvalue weighted by Crippen LogP contribution is 2.39. The molecule has 3 rings (SSSR count). The summed E-state index contributed by atoms with van der Waals surface area (Å²) in [5, 5.41) is 23.0. The van der Waals surface area contributed by atoms with E-state index < -0.39 is 5.97 Å². The van der Waals surface area contributed by atoms with Gasteiger partial charge in [0.1, 0.15) is 5.75 Å². The van der Waals surface area contributed by atoms with Crippen molar-refractivity contribution in [3.05, 3.63) is 46.5 Å². The summed E-state index contributed by atoms with van der Waals surface area (Å²) in [7, 11) is 0. The molecule has 2 aromatic carbocycles. The zero-order chi connectivity index (χ0) is 18.1. The molecule has 1 aromatic heterocycles. The third-order valence-electron chi connectivity index (χ3n) is 4.43. The van der Waals surface area contributed by atoms with Gasteiger partial charge in [0.05, 0.1) is 10.2 Å². The van der Waals surface area contributed by atoms with Crippen LogP contribution in [0.5, 0.6) is 5.75 Å². The van der Waals surface area contributed by atoms with Crippen LogP contribution in [0, 0.1) is 20.8 Å². The first-order valence-electron chi connectivity index (χ1n) is 8.04. The van der Waals surface area contributed by atoms with E-state index in [-0.39, 0.29) is 6.42 Å². The van der Waals surface area contributed by atoms with E-state index in [1.54, 1.807) is 0 Å². The van der Waals surface area contributed by atoms with Gasteiger partial charge in [0.25, 0.3) is 0 Å². The highest BCUT2D eigenvalue weighted by molar-refractivity contribution is 7.22. The second-order valence-electron chi connectivity index (χ2n) is 6.14. The lowest BCUT2D eigenvalue weighted by Crippen LogP contribution is -1.97. The van der Waals surface area contributed by atoms with E-state index in [4.69, 9.17) is 5.11 Å². The predicted octanol–water partition coefficient (Wildman–Crippen LogP) is 4.69. The first-order valence-corrected chi connectivity index (χ1v) is 8.85. The monoisotopic (exact) mass is 356 g/mol. The van der Waals surface area contributed by atoms with Crippen LogP contribution >= 0.6 is 11.3 Å². The fourth-order valence-electron chi connectivity index (χ4n) is 2.76. The number of fused-ring (bicyclic) bond motifs is 1. The van der Waals surface area contributed by atoms with Gasteiger partial charge < -0.3 is 15.5 Å². The summed E-state index contributed by atoms with van der Waals surface area (Å²) in [6, 6.07) is 7.69. The molecular formula is C19H20N2O3S. The number of phenolic OH excluding ortho intramolecular Hbond substituents is 1. The van der Waals surface area contributed by atoms with Crippen molar-refractivity contribution in [1.29, 1.82) is 0 Å². The smallest absolute Gasteiger partial charge is 0.303 e. The molecule has 0 fully saturated rings. The second kappa shape index (κ2) is 6.72. The number of phenols is 1. The van der Waals surface area contributed by atoms with Crippen molar-refractivity contribution in [3.63, 3.8) is 0 Å². The SMILES string of the molecule is Cc1c(O)c(C)c2sc(Nc3ccc(CCC(=O)O)cc3)nc2c1C. The number of rotatable bonds is 5. The standard InChI is InChI=1S/C19H20N2O3S/c1-10-11(2)17(24)12(3)18-16(10)21-19(25-18)20-14-7-4-13(5-8-14)6-9-15(22)23/h4-5,7-8,24H,6,9H2,1-3H3,(H,20,21)(H,22,23). The average molecular weight is 356 g/mol. The van der Waals surface area contributed by atoms with Crippen molar-refractivity contribution in [2.45, 2.75) is 33.6 Å². The van der Waals surface area contributed by atoms with E-state index in [1.165, 1.54) is 11.3 Å². The molecule has 3 N–H and O–H groups in total. The highest BCUT2D eigenvalue weighted by atomic mass is 32.1. The molecule has 0 saturated heterocycles. The Kier molecular flexibility index (Phi) is 4.63. The van der Waals surface area contributed by atoms with Gasteiger partial charge in [0, 0.05) is 17.7 Å². The van der Waals surface area contributed by atoms with Crippen LogP contribution in [0.25, 0.3) is 10.2 Å². The van der Waals surface area contributed by atoms with Gasteiger partial charge in [-0.3, -0.25) is 4.79 Å². The van der Waals surface area contributed by atoms with Gasteiger partial charge in [0.2, 0.25) is 0 Å². The molecule has 3 aromatic rings. The van der Waals surface area contributed by atoms with E-state index in [0.29, 0.717) is 12.2 Å². The third kappa shape index (κ3) is 3.44. The maximum Gasteiger partial charge on any atom is 0.303 e. The maximum atomic E-state index is 10.6. The number of nitrogens with one attached hydrogen (secondary N) is 1. The number of thiazole rings is 1. The molecular weight excluding hydrogens is 336 g/mol. The number of benzene rings is 2. The number of nitrogens with zero attached hydrogens (tertiary/aromatic N) is 1. The second-order valence-corrected chi connectivity index (χ2v) is 7.14. The Hall–Kier alpha value is -2.60. The molecule has 0 saturated carbocycles. The van der Waals surface area contributed by atoms with E-state index in [0.717, 1.165) is 43.3 Å². The number of aliphatic carboxylic acids is 1. The van der Waals surface area contributed by atoms with E-state index >= 15 is 0 Å². The maximum absolute atomic E-state index is 10.6. The molecule has 0 radical (unpaired) electrons. The van der Waals surface area contributed by atoms with Crippen LogP contribution < -0.4 is 5.32 Å². The zero-order valence-corrected chi connectivity index (χ0v) is 15.2. The lowest BCUT2D eigenvalue weighted by molar-refractivity contribution is -0.136. The van der Waals surface area contributed by atoms with Gasteiger partial charge in [0.15, 0.2) is 5.13 Å². The molecule has 0 aliphatic carbocycles. The predicted molar refractivity (Wildman–Crippen MR) is 101 cm³/mol. The summed E-state index contributed by atoms with van der Waals surface area (Å²) in [5.41, 5.74) is 5.51. The molecule has 0 unspecified atom stereocenters. The first kappa shape index (κ1) is 17.2. The van der Waals surface area contributed by atoms with E-state index in [1.807, 2.05) is 45.0 Å². The number of aromatic hydroxyl groups is 1. The normalized spacial score (nSPS) is 11.0. The number of hydrogen-bond donors (Lipinski definition) is 3. The number of carboxylic acid groups (broad SMARTS) is 1. The van der Waals surface area contributed by atoms with Crippen LogP contribution in [0.15, 0.2) is 24.3 Å². The van der Waals surface area contributed by atoms with Crippen LogP contribution in [0.4, 0.5) is 10.8 Å². The van der Waals surface area contributed by atoms with E-state index in [2.05, 4.69) is 10.3 Å². The molecule has 0 atom stereocenters. The van der Waals surface area contributed by atoms with Crippen molar-refractivity contribution >= 4 is 38.3 Å². The number of carbonyl (C=O) groups is 1. The Labute approximate surface area is 150 Å². The van der Waals surface area contributed by atoms with Crippen molar-refractivity contribution < 1.29 is 15.0 Å². The van der Waals surface area contributed by atoms with Gasteiger partial charge in [-0.25, -0.2) is 4.98 Å². The van der Waals surface area contributed by atoms with Gasteiger partial charge in [-0.1, -0.05) is 23.5 Å². The molecule has 5 nitrogen and oxygen atoms in total. The summed E-state index contributed by atoms with van der Waals surface area (Å²) in [5.74, 6) is -0.455. The molecule has 25 heavy (non-hydrogen) atoms. The molecule has 130 valence electrons. The minimum Gasteiger partial charge on any atom is -0.507 e. The van der Waals surface area contributed by atoms with Crippen LogP contribution in [0.2, 0.25) is 0 Å². The highest BCUT2D eigenvalue weighted by Gasteiger charge is 2.15. The van der Waals surface area contributed by atoms with Gasteiger partial charge in [-0.15, -0.1) is 0 Å². The van der Waals surface area contributed by atoms with Crippen molar-refractivity contribution in [3.8, 4) is 5.75 Å². The first-order chi connectivity index (χ1) is 11.9. The fourth-order valence-corrected chi connectivity index (χ4v) is 3.80. The lowest BCUT2D eigenvalue weighted by Gasteiger charge is -2.07. The van der Waals surface area contributed by atoms with Crippen LogP contribution in [0.1, 0.15) is 28.7 Å². The molecule has 0 aliphatic rings. The van der Waals surface area contributed by atoms with Gasteiger partial charge >= 0.3 is 5.97 Å². The average Bonchev–Trinajstić information content (AvgIpc) is 3.01. The number of hydrogen-bond acceptors (Lipinski definition) is 5. The fraction of sp³-hybridized carbons (Fsp3) is 0.263. The summed E-state index contributed by atoms with van der Waals surface area (Å²) in [4.78, 5) is 15.3. The quantitative estimate of drug-likeness (QED) is 0.618. The topological polar surface area (TPSA) is 82.5 Å². The Balaban J connectivity index is 1.85. The molecule has 0 bridgehead atoms. The minimum atomic E-state index is -0.791. The van der Waals surface area contributed by atoms with Gasteiger partial charge in [-0.2, -0.15) is 0 Å². The van der Waals surface area contributed by atoms with E-state index in [9.17, 15) is 9.90 Å². The van der Waals surface area contributed by atoms with Crippen molar-refractivity contribution in [2.75, 3.05) is 5.32 Å². The minimum absolute atomic E-state index is 0.131. The summed E-state index contributed by atoms with van der Waals surface area (Å²) in [6.07, 6.45) is 0.653. The number of anilines is 2. The zero-order valence-electron chi connectivity index (χ0n) is 14.4. The molecule has 0 aliphatic heterocycles. The van der Waals surface area contributed by atoms with Crippen LogP contribution in [0.3, 0.4) is 0 Å². The van der Waals surface area contributed by atoms with Crippen LogP contribution in [-0.4, -0.2) is 21.2 Å². The van der Waals surface area contributed by atoms with Crippen molar-refractivity contribution in [2.24, 2.45) is 0 Å². The lowest BCUT2D eigenvalue weighted by atomic mass is 10.0. The molecule has 1 heterocycles. The summed E-state index contributed by atoms with van der Waals surface area (Å²) in [6.45, 7) is 5.78.